The molecule has 1 N–H and O–H groups in total. The molecule has 0 atom stereocenters. The average Bonchev–Trinajstić information content (AvgIpc) is 2.48. The second kappa shape index (κ2) is 7.55. The summed E-state index contributed by atoms with van der Waals surface area (Å²) in [6.45, 7) is 4.32. The van der Waals surface area contributed by atoms with E-state index in [1.807, 2.05) is 30.3 Å². The maximum atomic E-state index is 12.1. The van der Waals surface area contributed by atoms with Gasteiger partial charge in [0.2, 0.25) is 5.91 Å². The summed E-state index contributed by atoms with van der Waals surface area (Å²) in [6, 6.07) is 16.7. The van der Waals surface area contributed by atoms with Crippen LogP contribution >= 0.6 is 0 Å². The molecule has 0 fully saturated rings. The van der Waals surface area contributed by atoms with Crippen LogP contribution in [0.5, 0.6) is 0 Å². The van der Waals surface area contributed by atoms with Crippen LogP contribution in [-0.2, 0) is 11.2 Å². The Labute approximate surface area is 131 Å². The zero-order valence-corrected chi connectivity index (χ0v) is 13.0. The fourth-order valence-electron chi connectivity index (χ4n) is 2.27. The predicted molar refractivity (Wildman–Crippen MR) is 89.0 cm³/mol. The molecule has 2 aromatic carbocycles. The molecule has 0 unspecified atom stereocenters. The lowest BCUT2D eigenvalue weighted by atomic mass is 10.00. The third kappa shape index (κ3) is 4.85. The fourth-order valence-corrected chi connectivity index (χ4v) is 2.27. The minimum atomic E-state index is -0.289. The molecule has 0 aliphatic heterocycles. The van der Waals surface area contributed by atoms with Crippen LogP contribution in [0.25, 0.3) is 0 Å². The van der Waals surface area contributed by atoms with Gasteiger partial charge in [0.1, 0.15) is 0 Å². The Morgan fingerprint density at radius 1 is 0.955 bits per heavy atom. The van der Waals surface area contributed by atoms with Crippen LogP contribution in [0.2, 0.25) is 0 Å². The molecule has 114 valence electrons. The van der Waals surface area contributed by atoms with E-state index in [0.29, 0.717) is 17.2 Å². The Morgan fingerprint density at radius 3 is 2.18 bits per heavy atom. The number of hydrogen-bond acceptors (Lipinski definition) is 2. The highest BCUT2D eigenvalue weighted by Gasteiger charge is 2.12. The van der Waals surface area contributed by atoms with Gasteiger partial charge in [0.15, 0.2) is 5.78 Å². The van der Waals surface area contributed by atoms with Crippen LogP contribution in [0.3, 0.4) is 0 Å². The molecule has 0 saturated heterocycles. The van der Waals surface area contributed by atoms with E-state index < -0.39 is 0 Å². The summed E-state index contributed by atoms with van der Waals surface area (Å²) in [6.07, 6.45) is 0.849. The third-order valence-corrected chi connectivity index (χ3v) is 3.30. The van der Waals surface area contributed by atoms with Gasteiger partial charge in [0, 0.05) is 11.3 Å². The Morgan fingerprint density at radius 2 is 1.59 bits per heavy atom. The molecule has 2 aromatic rings. The van der Waals surface area contributed by atoms with E-state index in [9.17, 15) is 9.59 Å². The van der Waals surface area contributed by atoms with E-state index in [1.54, 1.807) is 24.3 Å². The molecule has 2 rings (SSSR count). The number of Topliss-reactive ketones (excluding diaryl/α,β-unsaturated/α-hetero) is 1. The molecule has 0 aliphatic carbocycles. The van der Waals surface area contributed by atoms with Crippen LogP contribution < -0.4 is 5.32 Å². The van der Waals surface area contributed by atoms with Crippen molar-refractivity contribution in [2.75, 3.05) is 5.32 Å². The third-order valence-electron chi connectivity index (χ3n) is 3.30. The Balaban J connectivity index is 1.92. The van der Waals surface area contributed by atoms with Crippen molar-refractivity contribution in [2.45, 2.75) is 26.7 Å². The van der Waals surface area contributed by atoms with Gasteiger partial charge in [-0.25, -0.2) is 0 Å². The number of benzene rings is 2. The molecule has 22 heavy (non-hydrogen) atoms. The van der Waals surface area contributed by atoms with Crippen LogP contribution in [0.4, 0.5) is 5.69 Å². The molecule has 3 heteroatoms. The van der Waals surface area contributed by atoms with Crippen LogP contribution in [0, 0.1) is 5.92 Å². The Hall–Kier alpha value is -2.42. The Bertz CT molecular complexity index is 630. The molecule has 0 spiro atoms. The van der Waals surface area contributed by atoms with Crippen molar-refractivity contribution in [2.24, 2.45) is 5.92 Å². The average molecular weight is 295 g/mol. The normalized spacial score (nSPS) is 10.5. The van der Waals surface area contributed by atoms with E-state index in [2.05, 4.69) is 19.2 Å². The summed E-state index contributed by atoms with van der Waals surface area (Å²) < 4.78 is 0. The highest BCUT2D eigenvalue weighted by Crippen LogP contribution is 2.12. The molecule has 0 aliphatic rings. The molecular formula is C19H21NO2. The number of hydrogen-bond donors (Lipinski definition) is 1. The number of carbonyl (C=O) groups is 2. The van der Waals surface area contributed by atoms with Gasteiger partial charge in [0.05, 0.1) is 6.42 Å². The fraction of sp³-hybridized carbons (Fsp3) is 0.263. The highest BCUT2D eigenvalue weighted by atomic mass is 16.2. The molecule has 0 radical (unpaired) electrons. The van der Waals surface area contributed by atoms with Crippen molar-refractivity contribution in [1.29, 1.82) is 0 Å². The first kappa shape index (κ1) is 16.0. The van der Waals surface area contributed by atoms with Gasteiger partial charge in [-0.3, -0.25) is 9.59 Å². The van der Waals surface area contributed by atoms with Crippen molar-refractivity contribution >= 4 is 17.4 Å². The zero-order chi connectivity index (χ0) is 15.9. The van der Waals surface area contributed by atoms with Crippen molar-refractivity contribution in [3.8, 4) is 0 Å². The van der Waals surface area contributed by atoms with Gasteiger partial charge < -0.3 is 5.32 Å². The van der Waals surface area contributed by atoms with E-state index >= 15 is 0 Å². The minimum Gasteiger partial charge on any atom is -0.326 e. The molecule has 0 aromatic heterocycles. The SMILES string of the molecule is CC(C)Cc1ccc(C(=O)CC(=O)Nc2ccccc2)cc1. The van der Waals surface area contributed by atoms with Gasteiger partial charge in [-0.1, -0.05) is 56.3 Å². The number of amides is 1. The van der Waals surface area contributed by atoms with E-state index in [1.165, 1.54) is 5.56 Å². The van der Waals surface area contributed by atoms with Gasteiger partial charge in [-0.2, -0.15) is 0 Å². The highest BCUT2D eigenvalue weighted by molar-refractivity contribution is 6.10. The molecule has 0 saturated carbocycles. The topological polar surface area (TPSA) is 46.2 Å². The van der Waals surface area contributed by atoms with Crippen molar-refractivity contribution in [3.05, 3.63) is 65.7 Å². The van der Waals surface area contributed by atoms with E-state index in [-0.39, 0.29) is 18.1 Å². The Kier molecular flexibility index (Phi) is 5.48. The van der Waals surface area contributed by atoms with Crippen molar-refractivity contribution < 1.29 is 9.59 Å². The first-order valence-corrected chi connectivity index (χ1v) is 7.51. The number of ketones is 1. The summed E-state index contributed by atoms with van der Waals surface area (Å²) in [7, 11) is 0. The van der Waals surface area contributed by atoms with Crippen LogP contribution in [0.15, 0.2) is 54.6 Å². The standard InChI is InChI=1S/C19H21NO2/c1-14(2)12-15-8-10-16(11-9-15)18(21)13-19(22)20-17-6-4-3-5-7-17/h3-11,14H,12-13H2,1-2H3,(H,20,22). The zero-order valence-electron chi connectivity index (χ0n) is 13.0. The first-order chi connectivity index (χ1) is 10.5. The predicted octanol–water partition coefficient (Wildman–Crippen LogP) is 4.10. The minimum absolute atomic E-state index is 0.140. The molecule has 1 amide bonds. The van der Waals surface area contributed by atoms with Gasteiger partial charge in [-0.15, -0.1) is 0 Å². The molecule has 0 heterocycles. The monoisotopic (exact) mass is 295 g/mol. The lowest BCUT2D eigenvalue weighted by Crippen LogP contribution is -2.16. The van der Waals surface area contributed by atoms with E-state index in [0.717, 1.165) is 6.42 Å². The number of anilines is 1. The lowest BCUT2D eigenvalue weighted by molar-refractivity contribution is -0.115. The second-order valence-corrected chi connectivity index (χ2v) is 5.81. The van der Waals surface area contributed by atoms with Crippen LogP contribution in [0.1, 0.15) is 36.2 Å². The largest absolute Gasteiger partial charge is 0.326 e. The second-order valence-electron chi connectivity index (χ2n) is 5.81. The van der Waals surface area contributed by atoms with Crippen molar-refractivity contribution in [1.82, 2.24) is 0 Å². The number of nitrogens with one attached hydrogen (secondary N) is 1. The van der Waals surface area contributed by atoms with Gasteiger partial charge in [0.25, 0.3) is 0 Å². The summed E-state index contributed by atoms with van der Waals surface area (Å²) >= 11 is 0. The number of rotatable bonds is 6. The maximum Gasteiger partial charge on any atom is 0.232 e. The maximum absolute atomic E-state index is 12.1. The smallest absolute Gasteiger partial charge is 0.232 e. The summed E-state index contributed by atoms with van der Waals surface area (Å²) in [5.74, 6) is 0.130. The molecule has 0 bridgehead atoms. The summed E-state index contributed by atoms with van der Waals surface area (Å²) in [4.78, 5) is 24.0. The first-order valence-electron chi connectivity index (χ1n) is 7.51. The molecular weight excluding hydrogens is 274 g/mol. The molecule has 3 nitrogen and oxygen atoms in total. The number of carbonyl (C=O) groups excluding carboxylic acids is 2. The van der Waals surface area contributed by atoms with Crippen LogP contribution in [-0.4, -0.2) is 11.7 Å². The summed E-state index contributed by atoms with van der Waals surface area (Å²) in [5.41, 5.74) is 2.49. The quantitative estimate of drug-likeness (QED) is 0.644. The van der Waals surface area contributed by atoms with E-state index in [4.69, 9.17) is 0 Å². The number of para-hydroxylation sites is 1. The lowest BCUT2D eigenvalue weighted by Gasteiger charge is -2.07. The summed E-state index contributed by atoms with van der Waals surface area (Å²) in [5, 5.41) is 2.72. The van der Waals surface area contributed by atoms with Gasteiger partial charge >= 0.3 is 0 Å². The van der Waals surface area contributed by atoms with Crippen molar-refractivity contribution in [3.63, 3.8) is 0 Å². The van der Waals surface area contributed by atoms with Gasteiger partial charge in [-0.05, 0) is 30.0 Å².